The molecule has 3 nitrogen and oxygen atoms in total. The van der Waals surface area contributed by atoms with Gasteiger partial charge in [0.05, 0.1) is 13.0 Å². The Hall–Kier alpha value is -1.36. The number of rotatable bonds is 3. The fourth-order valence-electron chi connectivity index (χ4n) is 1.26. The van der Waals surface area contributed by atoms with E-state index in [4.69, 9.17) is 21.4 Å². The zero-order valence-electron chi connectivity index (χ0n) is 8.55. The van der Waals surface area contributed by atoms with Gasteiger partial charge in [0.2, 0.25) is 0 Å². The van der Waals surface area contributed by atoms with Crippen LogP contribution in [0, 0.1) is 11.6 Å². The van der Waals surface area contributed by atoms with Gasteiger partial charge in [-0.1, -0.05) is 11.6 Å². The molecule has 1 rings (SSSR count). The molecular formula is C10H9ClF2O3. The van der Waals surface area contributed by atoms with Crippen molar-refractivity contribution in [2.75, 3.05) is 7.11 Å². The van der Waals surface area contributed by atoms with Gasteiger partial charge in [-0.25, -0.2) is 8.78 Å². The van der Waals surface area contributed by atoms with Crippen molar-refractivity contribution in [3.05, 3.63) is 28.3 Å². The van der Waals surface area contributed by atoms with Crippen LogP contribution in [0.5, 0.6) is 5.75 Å². The number of ether oxygens (including phenoxy) is 1. The summed E-state index contributed by atoms with van der Waals surface area (Å²) in [7, 11) is 1.16. The quantitative estimate of drug-likeness (QED) is 0.839. The Balaban J connectivity index is 3.44. The summed E-state index contributed by atoms with van der Waals surface area (Å²) < 4.78 is 31.3. The summed E-state index contributed by atoms with van der Waals surface area (Å²) in [4.78, 5) is 10.7. The summed E-state index contributed by atoms with van der Waals surface area (Å²) in [6.45, 7) is 1.30. The second-order valence-electron chi connectivity index (χ2n) is 3.17. The van der Waals surface area contributed by atoms with Crippen molar-refractivity contribution in [2.45, 2.75) is 12.8 Å². The summed E-state index contributed by atoms with van der Waals surface area (Å²) in [6, 6.07) is 0.864. The van der Waals surface area contributed by atoms with Crippen LogP contribution in [0.25, 0.3) is 0 Å². The number of carbonyl (C=O) groups is 1. The predicted molar refractivity (Wildman–Crippen MR) is 54.0 cm³/mol. The monoisotopic (exact) mass is 250 g/mol. The molecule has 1 atom stereocenters. The van der Waals surface area contributed by atoms with Crippen LogP contribution in [-0.4, -0.2) is 18.2 Å². The highest BCUT2D eigenvalue weighted by molar-refractivity contribution is 6.31. The van der Waals surface area contributed by atoms with E-state index in [-0.39, 0.29) is 11.3 Å². The number of carboxylic acid groups (broad SMARTS) is 1. The maximum absolute atomic E-state index is 13.5. The maximum atomic E-state index is 13.5. The fraction of sp³-hybridized carbons (Fsp3) is 0.300. The third-order valence-corrected chi connectivity index (χ3v) is 2.53. The molecule has 0 saturated heterocycles. The van der Waals surface area contributed by atoms with Crippen molar-refractivity contribution < 1.29 is 23.4 Å². The molecule has 0 amide bonds. The lowest BCUT2D eigenvalue weighted by Gasteiger charge is -2.14. The van der Waals surface area contributed by atoms with Crippen molar-refractivity contribution in [3.8, 4) is 5.75 Å². The average molecular weight is 251 g/mol. The van der Waals surface area contributed by atoms with Crippen LogP contribution < -0.4 is 4.74 Å². The molecule has 1 aromatic carbocycles. The van der Waals surface area contributed by atoms with Crippen LogP contribution >= 0.6 is 11.6 Å². The number of aliphatic carboxylic acids is 1. The molecule has 0 aliphatic rings. The van der Waals surface area contributed by atoms with Gasteiger partial charge < -0.3 is 9.84 Å². The Morgan fingerprint density at radius 2 is 2.12 bits per heavy atom. The van der Waals surface area contributed by atoms with Crippen molar-refractivity contribution in [1.82, 2.24) is 0 Å². The first-order chi connectivity index (χ1) is 7.40. The molecule has 0 fully saturated rings. The van der Waals surface area contributed by atoms with Crippen molar-refractivity contribution in [1.29, 1.82) is 0 Å². The summed E-state index contributed by atoms with van der Waals surface area (Å²) in [6.07, 6.45) is 0. The highest BCUT2D eigenvalue weighted by Crippen LogP contribution is 2.35. The second-order valence-corrected chi connectivity index (χ2v) is 3.55. The molecule has 1 N–H and O–H groups in total. The molecule has 0 bridgehead atoms. The lowest BCUT2D eigenvalue weighted by molar-refractivity contribution is -0.138. The molecular weight excluding hydrogens is 242 g/mol. The normalized spacial score (nSPS) is 12.3. The molecule has 1 unspecified atom stereocenters. The zero-order valence-corrected chi connectivity index (χ0v) is 9.31. The average Bonchev–Trinajstić information content (AvgIpc) is 2.24. The highest BCUT2D eigenvalue weighted by atomic mass is 35.5. The van der Waals surface area contributed by atoms with E-state index >= 15 is 0 Å². The standard InChI is InChI=1S/C10H9ClF2O3/c1-4(10(14)15)5-3-6(12)7(11)8(13)9(5)16-2/h3-4H,1-2H3,(H,14,15). The van der Waals surface area contributed by atoms with Crippen LogP contribution in [0.2, 0.25) is 5.02 Å². The predicted octanol–water partition coefficient (Wildman–Crippen LogP) is 2.81. The molecule has 16 heavy (non-hydrogen) atoms. The molecule has 0 aromatic heterocycles. The number of hydrogen-bond acceptors (Lipinski definition) is 2. The molecule has 6 heteroatoms. The second kappa shape index (κ2) is 4.65. The van der Waals surface area contributed by atoms with E-state index in [0.29, 0.717) is 0 Å². The first-order valence-corrected chi connectivity index (χ1v) is 4.72. The lowest BCUT2D eigenvalue weighted by Crippen LogP contribution is -2.10. The Kier molecular flexibility index (Phi) is 3.70. The first-order valence-electron chi connectivity index (χ1n) is 4.34. The van der Waals surface area contributed by atoms with Crippen LogP contribution in [0.15, 0.2) is 6.07 Å². The third kappa shape index (κ3) is 2.09. The van der Waals surface area contributed by atoms with Gasteiger partial charge >= 0.3 is 5.97 Å². The van der Waals surface area contributed by atoms with Gasteiger partial charge in [-0.2, -0.15) is 0 Å². The summed E-state index contributed by atoms with van der Waals surface area (Å²) in [5.74, 6) is -4.74. The number of hydrogen-bond donors (Lipinski definition) is 1. The van der Waals surface area contributed by atoms with E-state index in [1.807, 2.05) is 0 Å². The number of halogens is 3. The van der Waals surface area contributed by atoms with Gasteiger partial charge in [0.1, 0.15) is 10.8 Å². The first kappa shape index (κ1) is 12.7. The maximum Gasteiger partial charge on any atom is 0.310 e. The van der Waals surface area contributed by atoms with Gasteiger partial charge in [0.25, 0.3) is 0 Å². The van der Waals surface area contributed by atoms with Crippen LogP contribution in [-0.2, 0) is 4.79 Å². The van der Waals surface area contributed by atoms with Crippen molar-refractivity contribution >= 4 is 17.6 Å². The van der Waals surface area contributed by atoms with E-state index in [2.05, 4.69) is 0 Å². The number of methoxy groups -OCH3 is 1. The Labute approximate surface area is 95.6 Å². The lowest BCUT2D eigenvalue weighted by atomic mass is 10.00. The molecule has 1 aromatic rings. The summed E-state index contributed by atoms with van der Waals surface area (Å²) in [5.41, 5.74) is -0.0885. The van der Waals surface area contributed by atoms with Gasteiger partial charge in [-0.05, 0) is 13.0 Å². The Morgan fingerprint density at radius 3 is 2.56 bits per heavy atom. The molecule has 88 valence electrons. The van der Waals surface area contributed by atoms with Crippen molar-refractivity contribution in [3.63, 3.8) is 0 Å². The van der Waals surface area contributed by atoms with Gasteiger partial charge in [0.15, 0.2) is 11.6 Å². The third-order valence-electron chi connectivity index (χ3n) is 2.19. The molecule has 0 aliphatic carbocycles. The minimum Gasteiger partial charge on any atom is -0.493 e. The van der Waals surface area contributed by atoms with E-state index < -0.39 is 28.5 Å². The molecule has 0 radical (unpaired) electrons. The summed E-state index contributed by atoms with van der Waals surface area (Å²) >= 11 is 5.34. The molecule has 0 heterocycles. The van der Waals surface area contributed by atoms with E-state index in [1.54, 1.807) is 0 Å². The Morgan fingerprint density at radius 1 is 1.56 bits per heavy atom. The van der Waals surface area contributed by atoms with E-state index in [0.717, 1.165) is 13.2 Å². The molecule has 0 aliphatic heterocycles. The Bertz CT molecular complexity index is 435. The number of carboxylic acids is 1. The number of benzene rings is 1. The zero-order chi connectivity index (χ0) is 12.5. The van der Waals surface area contributed by atoms with Gasteiger partial charge in [-0.15, -0.1) is 0 Å². The minimum absolute atomic E-state index is 0.0885. The van der Waals surface area contributed by atoms with Gasteiger partial charge in [-0.3, -0.25) is 4.79 Å². The van der Waals surface area contributed by atoms with Gasteiger partial charge in [0, 0.05) is 5.56 Å². The highest BCUT2D eigenvalue weighted by Gasteiger charge is 2.25. The molecule has 0 spiro atoms. The van der Waals surface area contributed by atoms with Crippen LogP contribution in [0.3, 0.4) is 0 Å². The largest absolute Gasteiger partial charge is 0.493 e. The van der Waals surface area contributed by atoms with E-state index in [9.17, 15) is 13.6 Å². The topological polar surface area (TPSA) is 46.5 Å². The molecule has 0 saturated carbocycles. The van der Waals surface area contributed by atoms with E-state index in [1.165, 1.54) is 6.92 Å². The SMILES string of the molecule is COc1c(C(C)C(=O)O)cc(F)c(Cl)c1F. The smallest absolute Gasteiger partial charge is 0.310 e. The van der Waals surface area contributed by atoms with Crippen LogP contribution in [0.4, 0.5) is 8.78 Å². The van der Waals surface area contributed by atoms with Crippen LogP contribution in [0.1, 0.15) is 18.4 Å². The minimum atomic E-state index is -1.21. The summed E-state index contributed by atoms with van der Waals surface area (Å²) in [5, 5.41) is 8.06. The van der Waals surface area contributed by atoms with Crippen molar-refractivity contribution in [2.24, 2.45) is 0 Å². The fourth-order valence-corrected chi connectivity index (χ4v) is 1.40.